The molecule has 1 rings (SSSR count). The molecule has 0 radical (unpaired) electrons. The number of aromatic nitrogens is 2. The molecule has 1 heterocycles. The SMILES string of the molecule is CCCNc1cc(NC(C)CO)ncn1. The summed E-state index contributed by atoms with van der Waals surface area (Å²) >= 11 is 0. The van der Waals surface area contributed by atoms with Crippen LogP contribution in [-0.2, 0) is 0 Å². The summed E-state index contributed by atoms with van der Waals surface area (Å²) in [7, 11) is 0. The van der Waals surface area contributed by atoms with Gasteiger partial charge < -0.3 is 15.7 Å². The molecule has 0 saturated carbocycles. The summed E-state index contributed by atoms with van der Waals surface area (Å²) in [6.45, 7) is 4.97. The molecule has 1 unspecified atom stereocenters. The van der Waals surface area contributed by atoms with Gasteiger partial charge in [0.1, 0.15) is 18.0 Å². The number of hydrogen-bond donors (Lipinski definition) is 3. The van der Waals surface area contributed by atoms with Crippen molar-refractivity contribution in [3.63, 3.8) is 0 Å². The molecule has 3 N–H and O–H groups in total. The van der Waals surface area contributed by atoms with Gasteiger partial charge in [-0.2, -0.15) is 0 Å². The smallest absolute Gasteiger partial charge is 0.131 e. The van der Waals surface area contributed by atoms with Gasteiger partial charge in [0.05, 0.1) is 6.61 Å². The highest BCUT2D eigenvalue weighted by atomic mass is 16.3. The molecule has 0 bridgehead atoms. The monoisotopic (exact) mass is 210 g/mol. The molecule has 1 atom stereocenters. The first kappa shape index (κ1) is 11.7. The first-order valence-corrected chi connectivity index (χ1v) is 5.19. The van der Waals surface area contributed by atoms with Crippen LogP contribution in [-0.4, -0.2) is 34.3 Å². The van der Waals surface area contributed by atoms with Crippen molar-refractivity contribution in [3.8, 4) is 0 Å². The van der Waals surface area contributed by atoms with E-state index in [0.717, 1.165) is 24.6 Å². The molecule has 0 aliphatic heterocycles. The maximum atomic E-state index is 8.89. The van der Waals surface area contributed by atoms with Gasteiger partial charge in [0, 0.05) is 18.7 Å². The summed E-state index contributed by atoms with van der Waals surface area (Å²) in [5.41, 5.74) is 0. The number of aliphatic hydroxyl groups excluding tert-OH is 1. The van der Waals surface area contributed by atoms with Crippen molar-refractivity contribution in [2.45, 2.75) is 26.3 Å². The van der Waals surface area contributed by atoms with Gasteiger partial charge in [0.15, 0.2) is 0 Å². The van der Waals surface area contributed by atoms with Crippen LogP contribution in [0.2, 0.25) is 0 Å². The first-order chi connectivity index (χ1) is 7.26. The van der Waals surface area contributed by atoms with E-state index in [1.165, 1.54) is 6.33 Å². The lowest BCUT2D eigenvalue weighted by Crippen LogP contribution is -2.20. The van der Waals surface area contributed by atoms with Crippen molar-refractivity contribution >= 4 is 11.6 Å². The Morgan fingerprint density at radius 2 is 2.13 bits per heavy atom. The Kier molecular flexibility index (Phi) is 4.83. The normalized spacial score (nSPS) is 12.2. The zero-order valence-electron chi connectivity index (χ0n) is 9.20. The second-order valence-electron chi connectivity index (χ2n) is 3.44. The van der Waals surface area contributed by atoms with Gasteiger partial charge in [-0.3, -0.25) is 0 Å². The van der Waals surface area contributed by atoms with E-state index >= 15 is 0 Å². The van der Waals surface area contributed by atoms with E-state index in [4.69, 9.17) is 5.11 Å². The number of aliphatic hydroxyl groups is 1. The van der Waals surface area contributed by atoms with Gasteiger partial charge in [-0.15, -0.1) is 0 Å². The second-order valence-corrected chi connectivity index (χ2v) is 3.44. The number of rotatable bonds is 6. The third-order valence-electron chi connectivity index (χ3n) is 1.89. The van der Waals surface area contributed by atoms with Crippen LogP contribution in [0.25, 0.3) is 0 Å². The zero-order valence-corrected chi connectivity index (χ0v) is 9.20. The fourth-order valence-corrected chi connectivity index (χ4v) is 1.08. The quantitative estimate of drug-likeness (QED) is 0.655. The third-order valence-corrected chi connectivity index (χ3v) is 1.89. The Balaban J connectivity index is 2.57. The second kappa shape index (κ2) is 6.19. The molecule has 84 valence electrons. The Hall–Kier alpha value is -1.36. The minimum atomic E-state index is -0.000995. The molecular weight excluding hydrogens is 192 g/mol. The van der Waals surface area contributed by atoms with Crippen LogP contribution in [0.15, 0.2) is 12.4 Å². The molecule has 0 saturated heterocycles. The van der Waals surface area contributed by atoms with Gasteiger partial charge in [-0.25, -0.2) is 9.97 Å². The van der Waals surface area contributed by atoms with Crippen molar-refractivity contribution in [1.82, 2.24) is 9.97 Å². The number of hydrogen-bond acceptors (Lipinski definition) is 5. The van der Waals surface area contributed by atoms with Crippen LogP contribution in [0.5, 0.6) is 0 Å². The third kappa shape index (κ3) is 4.12. The van der Waals surface area contributed by atoms with E-state index in [1.807, 2.05) is 13.0 Å². The maximum Gasteiger partial charge on any atom is 0.131 e. The Labute approximate surface area is 90.0 Å². The van der Waals surface area contributed by atoms with Crippen LogP contribution in [0, 0.1) is 0 Å². The Morgan fingerprint density at radius 3 is 2.80 bits per heavy atom. The number of nitrogens with zero attached hydrogens (tertiary/aromatic N) is 2. The predicted molar refractivity (Wildman–Crippen MR) is 61.0 cm³/mol. The molecule has 15 heavy (non-hydrogen) atoms. The van der Waals surface area contributed by atoms with E-state index < -0.39 is 0 Å². The summed E-state index contributed by atoms with van der Waals surface area (Å²) in [5, 5.41) is 15.1. The van der Waals surface area contributed by atoms with Gasteiger partial charge >= 0.3 is 0 Å². The molecular formula is C10H18N4O. The predicted octanol–water partition coefficient (Wildman–Crippen LogP) is 1.09. The highest BCUT2D eigenvalue weighted by molar-refractivity contribution is 5.46. The topological polar surface area (TPSA) is 70.1 Å². The molecule has 0 aromatic carbocycles. The first-order valence-electron chi connectivity index (χ1n) is 5.19. The van der Waals surface area contributed by atoms with Crippen LogP contribution < -0.4 is 10.6 Å². The minimum absolute atomic E-state index is 0.000995. The highest BCUT2D eigenvalue weighted by Gasteiger charge is 2.01. The summed E-state index contributed by atoms with van der Waals surface area (Å²) in [5.74, 6) is 1.53. The van der Waals surface area contributed by atoms with Gasteiger partial charge in [-0.1, -0.05) is 6.92 Å². The molecule has 0 aliphatic rings. The van der Waals surface area contributed by atoms with Crippen LogP contribution in [0.1, 0.15) is 20.3 Å². The largest absolute Gasteiger partial charge is 0.394 e. The summed E-state index contributed by atoms with van der Waals surface area (Å²) in [6.07, 6.45) is 2.56. The van der Waals surface area contributed by atoms with Gasteiger partial charge in [0.2, 0.25) is 0 Å². The van der Waals surface area contributed by atoms with Crippen LogP contribution in [0.4, 0.5) is 11.6 Å². The standard InChI is InChI=1S/C10H18N4O/c1-3-4-11-9-5-10(13-7-12-9)14-8(2)6-15/h5,7-8,15H,3-4,6H2,1-2H3,(H2,11,12,13,14). The fraction of sp³-hybridized carbons (Fsp3) is 0.600. The average molecular weight is 210 g/mol. The van der Waals surface area contributed by atoms with E-state index in [2.05, 4.69) is 27.5 Å². The summed E-state index contributed by atoms with van der Waals surface area (Å²) in [6, 6.07) is 1.83. The fourth-order valence-electron chi connectivity index (χ4n) is 1.08. The van der Waals surface area contributed by atoms with Gasteiger partial charge in [-0.05, 0) is 13.3 Å². The van der Waals surface area contributed by atoms with Crippen LogP contribution in [0.3, 0.4) is 0 Å². The zero-order chi connectivity index (χ0) is 11.1. The van der Waals surface area contributed by atoms with Crippen molar-refractivity contribution in [2.24, 2.45) is 0 Å². The molecule has 1 aromatic heterocycles. The average Bonchev–Trinajstić information content (AvgIpc) is 2.26. The van der Waals surface area contributed by atoms with Crippen molar-refractivity contribution in [1.29, 1.82) is 0 Å². The summed E-state index contributed by atoms with van der Waals surface area (Å²) < 4.78 is 0. The van der Waals surface area contributed by atoms with E-state index in [-0.39, 0.29) is 12.6 Å². The molecule has 5 heteroatoms. The minimum Gasteiger partial charge on any atom is -0.394 e. The molecule has 0 fully saturated rings. The lowest BCUT2D eigenvalue weighted by atomic mass is 10.3. The van der Waals surface area contributed by atoms with Crippen molar-refractivity contribution in [2.75, 3.05) is 23.8 Å². The highest BCUT2D eigenvalue weighted by Crippen LogP contribution is 2.09. The van der Waals surface area contributed by atoms with Crippen molar-refractivity contribution < 1.29 is 5.11 Å². The summed E-state index contributed by atoms with van der Waals surface area (Å²) in [4.78, 5) is 8.15. The lowest BCUT2D eigenvalue weighted by molar-refractivity contribution is 0.281. The van der Waals surface area contributed by atoms with Crippen LogP contribution >= 0.6 is 0 Å². The molecule has 1 aromatic rings. The number of nitrogens with one attached hydrogen (secondary N) is 2. The number of anilines is 2. The van der Waals surface area contributed by atoms with Crippen molar-refractivity contribution in [3.05, 3.63) is 12.4 Å². The molecule has 0 spiro atoms. The Bertz CT molecular complexity index is 293. The van der Waals surface area contributed by atoms with Gasteiger partial charge in [0.25, 0.3) is 0 Å². The maximum absolute atomic E-state index is 8.89. The van der Waals surface area contributed by atoms with E-state index in [9.17, 15) is 0 Å². The molecule has 5 nitrogen and oxygen atoms in total. The van der Waals surface area contributed by atoms with E-state index in [1.54, 1.807) is 0 Å². The molecule has 0 aliphatic carbocycles. The Morgan fingerprint density at radius 1 is 1.40 bits per heavy atom. The lowest BCUT2D eigenvalue weighted by Gasteiger charge is -2.12. The van der Waals surface area contributed by atoms with E-state index in [0.29, 0.717) is 0 Å². The molecule has 0 amide bonds.